The normalized spacial score (nSPS) is 12.4. The highest BCUT2D eigenvalue weighted by Crippen LogP contribution is 2.16. The topological polar surface area (TPSA) is 55.0 Å². The average Bonchev–Trinajstić information content (AvgIpc) is 2.31. The number of nitrogens with one attached hydrogen (secondary N) is 1. The summed E-state index contributed by atoms with van der Waals surface area (Å²) in [7, 11) is 0. The molecule has 1 atom stereocenters. The fourth-order valence-electron chi connectivity index (χ4n) is 1.56. The minimum absolute atomic E-state index is 0.106. The molecule has 96 valence electrons. The highest BCUT2D eigenvalue weighted by molar-refractivity contribution is 14.1. The van der Waals surface area contributed by atoms with E-state index in [0.717, 1.165) is 12.8 Å². The van der Waals surface area contributed by atoms with E-state index in [4.69, 9.17) is 4.74 Å². The molecule has 0 amide bonds. The first-order valence-corrected chi connectivity index (χ1v) is 7.12. The summed E-state index contributed by atoms with van der Waals surface area (Å²) in [4.78, 5) is 17.9. The van der Waals surface area contributed by atoms with Gasteiger partial charge >= 0.3 is 0 Å². The summed E-state index contributed by atoms with van der Waals surface area (Å²) in [6.07, 6.45) is 7.40. The van der Waals surface area contributed by atoms with Crippen molar-refractivity contribution in [3.8, 4) is 5.88 Å². The van der Waals surface area contributed by atoms with E-state index in [2.05, 4.69) is 16.9 Å². The van der Waals surface area contributed by atoms with E-state index < -0.39 is 0 Å². The van der Waals surface area contributed by atoms with Crippen molar-refractivity contribution in [1.29, 1.82) is 0 Å². The number of H-pyrrole nitrogens is 1. The molecule has 1 aromatic rings. The van der Waals surface area contributed by atoms with Crippen molar-refractivity contribution in [2.75, 3.05) is 0 Å². The van der Waals surface area contributed by atoms with Crippen LogP contribution in [0.2, 0.25) is 0 Å². The van der Waals surface area contributed by atoms with Crippen LogP contribution in [-0.4, -0.2) is 16.1 Å². The summed E-state index contributed by atoms with van der Waals surface area (Å²) in [5.41, 5.74) is -0.145. The van der Waals surface area contributed by atoms with E-state index in [0.29, 0.717) is 9.45 Å². The molecular weight excluding hydrogens is 331 g/mol. The number of nitrogens with zero attached hydrogens (tertiary/aromatic N) is 1. The standard InChI is InChI=1S/C12H19IN2O2/c1-3-4-5-6-7-9(2)17-12-10(13)11(16)14-8-15-12/h8-9H,3-7H2,1-2H3,(H,14,15,16). The van der Waals surface area contributed by atoms with E-state index in [1.165, 1.54) is 25.6 Å². The second-order valence-electron chi connectivity index (χ2n) is 4.13. The molecule has 0 spiro atoms. The number of aromatic nitrogens is 2. The van der Waals surface area contributed by atoms with Gasteiger partial charge in [-0.15, -0.1) is 0 Å². The molecule has 1 heterocycles. The van der Waals surface area contributed by atoms with E-state index >= 15 is 0 Å². The van der Waals surface area contributed by atoms with Crippen LogP contribution in [0, 0.1) is 3.57 Å². The second kappa shape index (κ2) is 7.68. The monoisotopic (exact) mass is 350 g/mol. The van der Waals surface area contributed by atoms with Crippen LogP contribution in [0.4, 0.5) is 0 Å². The molecule has 4 nitrogen and oxygen atoms in total. The minimum Gasteiger partial charge on any atom is -0.474 e. The zero-order valence-corrected chi connectivity index (χ0v) is 12.5. The molecule has 1 unspecified atom stereocenters. The van der Waals surface area contributed by atoms with Crippen LogP contribution in [0.5, 0.6) is 5.88 Å². The van der Waals surface area contributed by atoms with Crippen LogP contribution in [0.25, 0.3) is 0 Å². The number of hydrogen-bond donors (Lipinski definition) is 1. The Morgan fingerprint density at radius 2 is 2.24 bits per heavy atom. The zero-order valence-electron chi connectivity index (χ0n) is 10.3. The predicted molar refractivity (Wildman–Crippen MR) is 76.4 cm³/mol. The molecule has 0 aliphatic rings. The maximum absolute atomic E-state index is 11.3. The average molecular weight is 350 g/mol. The Kier molecular flexibility index (Phi) is 6.54. The van der Waals surface area contributed by atoms with Crippen LogP contribution in [0.15, 0.2) is 11.1 Å². The van der Waals surface area contributed by atoms with Gasteiger partial charge in [0.05, 0.1) is 12.4 Å². The van der Waals surface area contributed by atoms with Gasteiger partial charge < -0.3 is 9.72 Å². The van der Waals surface area contributed by atoms with Crippen LogP contribution < -0.4 is 10.3 Å². The molecule has 5 heteroatoms. The number of unbranched alkanes of at least 4 members (excludes halogenated alkanes) is 3. The Morgan fingerprint density at radius 3 is 2.94 bits per heavy atom. The predicted octanol–water partition coefficient (Wildman–Crippen LogP) is 3.11. The summed E-state index contributed by atoms with van der Waals surface area (Å²) < 4.78 is 6.19. The Bertz CT molecular complexity index is 392. The third-order valence-corrected chi connectivity index (χ3v) is 3.49. The lowest BCUT2D eigenvalue weighted by Crippen LogP contribution is -2.18. The lowest BCUT2D eigenvalue weighted by Gasteiger charge is -2.14. The van der Waals surface area contributed by atoms with E-state index in [9.17, 15) is 4.79 Å². The molecular formula is C12H19IN2O2. The molecule has 1 N–H and O–H groups in total. The van der Waals surface area contributed by atoms with Crippen LogP contribution in [0.1, 0.15) is 46.0 Å². The summed E-state index contributed by atoms with van der Waals surface area (Å²) >= 11 is 1.96. The molecule has 17 heavy (non-hydrogen) atoms. The van der Waals surface area contributed by atoms with Crippen LogP contribution >= 0.6 is 22.6 Å². The SMILES string of the molecule is CCCCCCC(C)Oc1nc[nH]c(=O)c1I. The van der Waals surface area contributed by atoms with Crippen molar-refractivity contribution in [1.82, 2.24) is 9.97 Å². The minimum atomic E-state index is -0.145. The van der Waals surface area contributed by atoms with Gasteiger partial charge in [0.1, 0.15) is 3.57 Å². The summed E-state index contributed by atoms with van der Waals surface area (Å²) in [6.45, 7) is 4.22. The molecule has 1 aromatic heterocycles. The first-order valence-electron chi connectivity index (χ1n) is 6.05. The van der Waals surface area contributed by atoms with E-state index in [1.807, 2.05) is 29.5 Å². The fourth-order valence-corrected chi connectivity index (χ4v) is 1.98. The number of halogens is 1. The molecule has 0 saturated heterocycles. The summed E-state index contributed by atoms with van der Waals surface area (Å²) in [5, 5.41) is 0. The molecule has 0 fully saturated rings. The summed E-state index contributed by atoms with van der Waals surface area (Å²) in [6, 6.07) is 0. The number of aromatic amines is 1. The van der Waals surface area contributed by atoms with Crippen molar-refractivity contribution in [3.05, 3.63) is 20.3 Å². The van der Waals surface area contributed by atoms with Crippen molar-refractivity contribution in [3.63, 3.8) is 0 Å². The van der Waals surface area contributed by atoms with Crippen LogP contribution in [0.3, 0.4) is 0 Å². The molecule has 1 rings (SSSR count). The molecule has 0 aliphatic carbocycles. The van der Waals surface area contributed by atoms with Crippen LogP contribution in [-0.2, 0) is 0 Å². The third-order valence-electron chi connectivity index (χ3n) is 2.54. The second-order valence-corrected chi connectivity index (χ2v) is 5.21. The molecule has 0 saturated carbocycles. The Labute approximate surface area is 115 Å². The van der Waals surface area contributed by atoms with Crippen molar-refractivity contribution in [2.24, 2.45) is 0 Å². The van der Waals surface area contributed by atoms with Gasteiger partial charge in [0.15, 0.2) is 0 Å². The van der Waals surface area contributed by atoms with Gasteiger partial charge in [0, 0.05) is 0 Å². The first-order chi connectivity index (χ1) is 8.15. The van der Waals surface area contributed by atoms with Crippen molar-refractivity contribution >= 4 is 22.6 Å². The van der Waals surface area contributed by atoms with E-state index in [1.54, 1.807) is 0 Å². The largest absolute Gasteiger partial charge is 0.474 e. The van der Waals surface area contributed by atoms with Gasteiger partial charge in [-0.05, 0) is 42.4 Å². The molecule has 0 radical (unpaired) electrons. The highest BCUT2D eigenvalue weighted by Gasteiger charge is 2.10. The van der Waals surface area contributed by atoms with Crippen molar-refractivity contribution < 1.29 is 4.74 Å². The van der Waals surface area contributed by atoms with Gasteiger partial charge in [-0.3, -0.25) is 4.79 Å². The lowest BCUT2D eigenvalue weighted by molar-refractivity contribution is 0.196. The number of ether oxygens (including phenoxy) is 1. The molecule has 0 aromatic carbocycles. The van der Waals surface area contributed by atoms with Gasteiger partial charge in [0.2, 0.25) is 5.88 Å². The third kappa shape index (κ3) is 5.06. The summed E-state index contributed by atoms with van der Waals surface area (Å²) in [5.74, 6) is 0.442. The van der Waals surface area contributed by atoms with Gasteiger partial charge in [-0.1, -0.05) is 26.2 Å². The highest BCUT2D eigenvalue weighted by atomic mass is 127. The Hall–Kier alpha value is -0.590. The molecule has 0 aliphatic heterocycles. The maximum Gasteiger partial charge on any atom is 0.268 e. The van der Waals surface area contributed by atoms with E-state index in [-0.39, 0.29) is 11.7 Å². The van der Waals surface area contributed by atoms with Gasteiger partial charge in [0.25, 0.3) is 5.56 Å². The molecule has 0 bridgehead atoms. The smallest absolute Gasteiger partial charge is 0.268 e. The zero-order chi connectivity index (χ0) is 12.7. The maximum atomic E-state index is 11.3. The number of rotatable bonds is 7. The fraction of sp³-hybridized carbons (Fsp3) is 0.667. The Morgan fingerprint density at radius 1 is 1.47 bits per heavy atom. The quantitative estimate of drug-likeness (QED) is 0.607. The number of hydrogen-bond acceptors (Lipinski definition) is 3. The Balaban J connectivity index is 2.42. The lowest BCUT2D eigenvalue weighted by atomic mass is 10.1. The van der Waals surface area contributed by atoms with Crippen molar-refractivity contribution in [2.45, 2.75) is 52.1 Å². The first kappa shape index (κ1) is 14.5. The van der Waals surface area contributed by atoms with Gasteiger partial charge in [-0.2, -0.15) is 0 Å². The van der Waals surface area contributed by atoms with Gasteiger partial charge in [-0.25, -0.2) is 4.98 Å².